The molecule has 21 heavy (non-hydrogen) atoms. The molecular formula is C14H17N5O2. The van der Waals surface area contributed by atoms with E-state index in [0.29, 0.717) is 5.88 Å². The van der Waals surface area contributed by atoms with E-state index in [-0.39, 0.29) is 6.61 Å². The first-order chi connectivity index (χ1) is 10.2. The maximum absolute atomic E-state index is 10.7. The summed E-state index contributed by atoms with van der Waals surface area (Å²) in [6, 6.07) is 5.49. The number of primary amides is 1. The maximum Gasteiger partial charge on any atom is 0.255 e. The van der Waals surface area contributed by atoms with Gasteiger partial charge in [0.05, 0.1) is 5.52 Å². The average molecular weight is 287 g/mol. The summed E-state index contributed by atoms with van der Waals surface area (Å²) in [6.45, 7) is 3.57. The molecule has 0 bridgehead atoms. The molecule has 0 aromatic carbocycles. The molecule has 1 amide bonds. The number of carbonyl (C=O) groups excluding carboxylic acids is 1. The standard InChI is InChI=1S/C14H17N5O2/c15-12(20)9-21-13-2-1-10-11(18-13)3-4-17-14(10)19-7-5-16-6-8-19/h1-4,16H,5-9H2,(H2,15,20). The van der Waals surface area contributed by atoms with Crippen molar-refractivity contribution in [1.82, 2.24) is 15.3 Å². The van der Waals surface area contributed by atoms with Crippen LogP contribution in [0.4, 0.5) is 5.82 Å². The van der Waals surface area contributed by atoms with Crippen molar-refractivity contribution in [3.63, 3.8) is 0 Å². The van der Waals surface area contributed by atoms with E-state index in [2.05, 4.69) is 20.2 Å². The Labute approximate surface area is 122 Å². The summed E-state index contributed by atoms with van der Waals surface area (Å²) in [5.41, 5.74) is 5.85. The number of amides is 1. The smallest absolute Gasteiger partial charge is 0.255 e. The van der Waals surface area contributed by atoms with Crippen LogP contribution in [0.2, 0.25) is 0 Å². The highest BCUT2D eigenvalue weighted by molar-refractivity contribution is 5.89. The minimum atomic E-state index is -0.520. The van der Waals surface area contributed by atoms with E-state index in [0.717, 1.165) is 42.9 Å². The summed E-state index contributed by atoms with van der Waals surface area (Å²) in [5.74, 6) is 0.801. The molecule has 110 valence electrons. The zero-order valence-corrected chi connectivity index (χ0v) is 11.6. The fourth-order valence-electron chi connectivity index (χ4n) is 2.37. The van der Waals surface area contributed by atoms with Gasteiger partial charge in [0.25, 0.3) is 5.91 Å². The maximum atomic E-state index is 10.7. The number of anilines is 1. The van der Waals surface area contributed by atoms with Crippen molar-refractivity contribution in [3.8, 4) is 5.88 Å². The number of nitrogens with zero attached hydrogens (tertiary/aromatic N) is 3. The van der Waals surface area contributed by atoms with Crippen LogP contribution in [-0.2, 0) is 4.79 Å². The van der Waals surface area contributed by atoms with Gasteiger partial charge >= 0.3 is 0 Å². The molecule has 0 aliphatic carbocycles. The molecule has 1 fully saturated rings. The zero-order chi connectivity index (χ0) is 14.7. The number of aromatic nitrogens is 2. The third-order valence-corrected chi connectivity index (χ3v) is 3.35. The first kappa shape index (κ1) is 13.6. The number of carbonyl (C=O) groups is 1. The molecule has 0 radical (unpaired) electrons. The molecule has 3 N–H and O–H groups in total. The molecule has 2 aromatic rings. The fraction of sp³-hybridized carbons (Fsp3) is 0.357. The molecule has 0 spiro atoms. The van der Waals surface area contributed by atoms with E-state index in [4.69, 9.17) is 10.5 Å². The second kappa shape index (κ2) is 5.92. The Balaban J connectivity index is 1.90. The SMILES string of the molecule is NC(=O)COc1ccc2c(N3CCNCC3)nccc2n1. The first-order valence-corrected chi connectivity index (χ1v) is 6.86. The number of nitrogens with one attached hydrogen (secondary N) is 1. The number of rotatable bonds is 4. The molecule has 7 nitrogen and oxygen atoms in total. The van der Waals surface area contributed by atoms with Gasteiger partial charge in [-0.3, -0.25) is 4.79 Å². The van der Waals surface area contributed by atoms with Gasteiger partial charge < -0.3 is 20.7 Å². The van der Waals surface area contributed by atoms with Crippen LogP contribution in [0.25, 0.3) is 10.9 Å². The number of hydrogen-bond donors (Lipinski definition) is 2. The fourth-order valence-corrected chi connectivity index (χ4v) is 2.37. The minimum absolute atomic E-state index is 0.172. The molecule has 1 aliphatic heterocycles. The molecule has 1 saturated heterocycles. The third kappa shape index (κ3) is 3.03. The lowest BCUT2D eigenvalue weighted by atomic mass is 10.2. The highest BCUT2D eigenvalue weighted by Gasteiger charge is 2.15. The van der Waals surface area contributed by atoms with Crippen molar-refractivity contribution in [1.29, 1.82) is 0 Å². The summed E-state index contributed by atoms with van der Waals surface area (Å²) in [6.07, 6.45) is 1.74. The van der Waals surface area contributed by atoms with Crippen molar-refractivity contribution >= 4 is 22.6 Å². The van der Waals surface area contributed by atoms with Gasteiger partial charge in [0.2, 0.25) is 5.88 Å². The molecule has 7 heteroatoms. The van der Waals surface area contributed by atoms with Crippen LogP contribution in [0, 0.1) is 0 Å². The number of hydrogen-bond acceptors (Lipinski definition) is 6. The van der Waals surface area contributed by atoms with Crippen molar-refractivity contribution in [3.05, 3.63) is 24.4 Å². The van der Waals surface area contributed by atoms with Crippen molar-refractivity contribution in [2.45, 2.75) is 0 Å². The summed E-state index contributed by atoms with van der Waals surface area (Å²) in [7, 11) is 0. The van der Waals surface area contributed by atoms with Crippen LogP contribution >= 0.6 is 0 Å². The predicted octanol–water partition coefficient (Wildman–Crippen LogP) is -0.0965. The normalized spacial score (nSPS) is 15.1. The Bertz CT molecular complexity index is 655. The van der Waals surface area contributed by atoms with Crippen LogP contribution in [0.15, 0.2) is 24.4 Å². The lowest BCUT2D eigenvalue weighted by molar-refractivity contribution is -0.120. The molecule has 0 saturated carbocycles. The highest BCUT2D eigenvalue weighted by Crippen LogP contribution is 2.25. The van der Waals surface area contributed by atoms with Gasteiger partial charge in [0.15, 0.2) is 6.61 Å². The summed E-state index contributed by atoms with van der Waals surface area (Å²) < 4.78 is 5.23. The molecule has 3 heterocycles. The topological polar surface area (TPSA) is 93.4 Å². The number of piperazine rings is 1. The lowest BCUT2D eigenvalue weighted by Gasteiger charge is -2.29. The Hall–Kier alpha value is -2.41. The van der Waals surface area contributed by atoms with E-state index < -0.39 is 5.91 Å². The number of ether oxygens (including phenoxy) is 1. The van der Waals surface area contributed by atoms with Crippen LogP contribution in [0.5, 0.6) is 5.88 Å². The van der Waals surface area contributed by atoms with Crippen LogP contribution in [0.3, 0.4) is 0 Å². The van der Waals surface area contributed by atoms with Crippen molar-refractivity contribution in [2.75, 3.05) is 37.7 Å². The quantitative estimate of drug-likeness (QED) is 0.816. The van der Waals surface area contributed by atoms with Crippen LogP contribution in [0.1, 0.15) is 0 Å². The van der Waals surface area contributed by atoms with E-state index in [1.165, 1.54) is 0 Å². The third-order valence-electron chi connectivity index (χ3n) is 3.35. The van der Waals surface area contributed by atoms with Gasteiger partial charge in [-0.2, -0.15) is 0 Å². The number of fused-ring (bicyclic) bond motifs is 1. The monoisotopic (exact) mass is 287 g/mol. The summed E-state index contributed by atoms with van der Waals surface area (Å²) in [5, 5.41) is 4.30. The second-order valence-electron chi connectivity index (χ2n) is 4.84. The number of pyridine rings is 2. The second-order valence-corrected chi connectivity index (χ2v) is 4.84. The van der Waals surface area contributed by atoms with Crippen molar-refractivity contribution < 1.29 is 9.53 Å². The minimum Gasteiger partial charge on any atom is -0.468 e. The highest BCUT2D eigenvalue weighted by atomic mass is 16.5. The number of nitrogens with two attached hydrogens (primary N) is 1. The molecule has 1 aliphatic rings. The summed E-state index contributed by atoms with van der Waals surface area (Å²) >= 11 is 0. The van der Waals surface area contributed by atoms with Gasteiger partial charge in [0, 0.05) is 43.8 Å². The summed E-state index contributed by atoms with van der Waals surface area (Å²) in [4.78, 5) is 21.9. The first-order valence-electron chi connectivity index (χ1n) is 6.86. The van der Waals surface area contributed by atoms with Gasteiger partial charge in [0.1, 0.15) is 5.82 Å². The predicted molar refractivity (Wildman–Crippen MR) is 79.3 cm³/mol. The van der Waals surface area contributed by atoms with Gasteiger partial charge in [-0.05, 0) is 12.1 Å². The Morgan fingerprint density at radius 2 is 2.14 bits per heavy atom. The Morgan fingerprint density at radius 3 is 2.90 bits per heavy atom. The molecular weight excluding hydrogens is 270 g/mol. The van der Waals surface area contributed by atoms with Crippen LogP contribution in [-0.4, -0.2) is 48.7 Å². The van der Waals surface area contributed by atoms with E-state index >= 15 is 0 Å². The van der Waals surface area contributed by atoms with Gasteiger partial charge in [-0.1, -0.05) is 0 Å². The molecule has 0 atom stereocenters. The van der Waals surface area contributed by atoms with Crippen molar-refractivity contribution in [2.24, 2.45) is 5.73 Å². The van der Waals surface area contributed by atoms with E-state index in [9.17, 15) is 4.79 Å². The Kier molecular flexibility index (Phi) is 3.83. The van der Waals surface area contributed by atoms with E-state index in [1.807, 2.05) is 12.1 Å². The van der Waals surface area contributed by atoms with Gasteiger partial charge in [-0.25, -0.2) is 9.97 Å². The largest absolute Gasteiger partial charge is 0.468 e. The Morgan fingerprint density at radius 1 is 1.33 bits per heavy atom. The van der Waals surface area contributed by atoms with Gasteiger partial charge in [-0.15, -0.1) is 0 Å². The molecule has 2 aromatic heterocycles. The lowest BCUT2D eigenvalue weighted by Crippen LogP contribution is -2.43. The average Bonchev–Trinajstić information content (AvgIpc) is 2.53. The van der Waals surface area contributed by atoms with Crippen LogP contribution < -0.4 is 20.7 Å². The zero-order valence-electron chi connectivity index (χ0n) is 11.6. The molecule has 0 unspecified atom stereocenters. The molecule has 3 rings (SSSR count). The van der Waals surface area contributed by atoms with E-state index in [1.54, 1.807) is 12.3 Å².